The second kappa shape index (κ2) is 7.17. The van der Waals surface area contributed by atoms with Crippen molar-refractivity contribution in [2.24, 2.45) is 11.7 Å². The van der Waals surface area contributed by atoms with Gasteiger partial charge in [0.15, 0.2) is 0 Å². The molecule has 1 aromatic carbocycles. The molecule has 0 heterocycles. The number of nitrogens with zero attached hydrogens (tertiary/aromatic N) is 1. The van der Waals surface area contributed by atoms with Crippen LogP contribution in [0.25, 0.3) is 0 Å². The van der Waals surface area contributed by atoms with Gasteiger partial charge in [0.05, 0.1) is 0 Å². The Labute approximate surface area is 110 Å². The van der Waals surface area contributed by atoms with Gasteiger partial charge in [-0.15, -0.1) is 0 Å². The predicted molar refractivity (Wildman–Crippen MR) is 74.9 cm³/mol. The largest absolute Gasteiger partial charge is 0.341 e. The maximum absolute atomic E-state index is 12.1. The summed E-state index contributed by atoms with van der Waals surface area (Å²) in [5, 5.41) is 0. The number of rotatable bonds is 6. The molecule has 0 spiro atoms. The van der Waals surface area contributed by atoms with E-state index in [4.69, 9.17) is 5.73 Å². The quantitative estimate of drug-likeness (QED) is 0.841. The van der Waals surface area contributed by atoms with Gasteiger partial charge in [0.2, 0.25) is 5.91 Å². The summed E-state index contributed by atoms with van der Waals surface area (Å²) in [4.78, 5) is 14.0. The zero-order chi connectivity index (χ0) is 13.5. The molecule has 0 unspecified atom stereocenters. The van der Waals surface area contributed by atoms with Gasteiger partial charge in [-0.2, -0.15) is 0 Å². The summed E-state index contributed by atoms with van der Waals surface area (Å²) in [6.45, 7) is 5.36. The fourth-order valence-electron chi connectivity index (χ4n) is 2.08. The van der Waals surface area contributed by atoms with Crippen molar-refractivity contribution in [3.8, 4) is 0 Å². The van der Waals surface area contributed by atoms with Gasteiger partial charge < -0.3 is 10.6 Å². The molecule has 0 fully saturated rings. The van der Waals surface area contributed by atoms with Crippen LogP contribution in [0.4, 0.5) is 0 Å². The second-order valence-electron chi connectivity index (χ2n) is 4.73. The molecule has 3 heteroatoms. The maximum atomic E-state index is 12.1. The fraction of sp³-hybridized carbons (Fsp3) is 0.533. The van der Waals surface area contributed by atoms with Gasteiger partial charge in [0.25, 0.3) is 0 Å². The number of nitrogens with two attached hydrogens (primary N) is 1. The van der Waals surface area contributed by atoms with Crippen LogP contribution in [0.3, 0.4) is 0 Å². The summed E-state index contributed by atoms with van der Waals surface area (Å²) in [6, 6.07) is 8.12. The molecule has 0 bridgehead atoms. The molecule has 2 N–H and O–H groups in total. The van der Waals surface area contributed by atoms with Crippen LogP contribution < -0.4 is 5.73 Å². The van der Waals surface area contributed by atoms with E-state index in [2.05, 4.69) is 13.8 Å². The first-order valence-electron chi connectivity index (χ1n) is 6.65. The smallest absolute Gasteiger partial charge is 0.225 e. The summed E-state index contributed by atoms with van der Waals surface area (Å²) in [6.07, 6.45) is 1.82. The first-order chi connectivity index (χ1) is 8.62. The van der Waals surface area contributed by atoms with Gasteiger partial charge in [-0.05, 0) is 24.0 Å². The number of hydrogen-bond acceptors (Lipinski definition) is 2. The molecule has 0 aliphatic carbocycles. The maximum Gasteiger partial charge on any atom is 0.225 e. The van der Waals surface area contributed by atoms with Gasteiger partial charge in [-0.1, -0.05) is 38.1 Å². The lowest BCUT2D eigenvalue weighted by Gasteiger charge is -2.22. The van der Waals surface area contributed by atoms with E-state index < -0.39 is 0 Å². The van der Waals surface area contributed by atoms with Crippen LogP contribution in [0, 0.1) is 5.92 Å². The summed E-state index contributed by atoms with van der Waals surface area (Å²) in [5.74, 6) is 0.390. The topological polar surface area (TPSA) is 46.3 Å². The number of carbonyl (C=O) groups excluding carboxylic acids is 1. The molecule has 18 heavy (non-hydrogen) atoms. The van der Waals surface area contributed by atoms with Gasteiger partial charge in [0.1, 0.15) is 0 Å². The Bertz CT molecular complexity index is 369. The molecule has 0 aromatic heterocycles. The molecule has 0 aliphatic rings. The molecular formula is C15H24N2O. The van der Waals surface area contributed by atoms with E-state index in [1.54, 1.807) is 0 Å². The Morgan fingerprint density at radius 1 is 1.17 bits per heavy atom. The highest BCUT2D eigenvalue weighted by atomic mass is 16.2. The third-order valence-electron chi connectivity index (χ3n) is 3.39. The van der Waals surface area contributed by atoms with Crippen molar-refractivity contribution in [3.05, 3.63) is 35.4 Å². The predicted octanol–water partition coefficient (Wildman–Crippen LogP) is 2.54. The third kappa shape index (κ3) is 3.84. The van der Waals surface area contributed by atoms with Crippen molar-refractivity contribution < 1.29 is 4.79 Å². The minimum atomic E-state index is 0.151. The van der Waals surface area contributed by atoms with Crippen LogP contribution in [0.5, 0.6) is 0 Å². The van der Waals surface area contributed by atoms with E-state index in [-0.39, 0.29) is 11.8 Å². The van der Waals surface area contributed by atoms with Crippen LogP contribution >= 0.6 is 0 Å². The molecule has 0 radical (unpaired) electrons. The Balaban J connectivity index is 2.62. The van der Waals surface area contributed by atoms with Gasteiger partial charge in [-0.3, -0.25) is 4.79 Å². The highest BCUT2D eigenvalue weighted by Gasteiger charge is 2.18. The first kappa shape index (κ1) is 14.7. The monoisotopic (exact) mass is 248 g/mol. The molecule has 1 aromatic rings. The first-order valence-corrected chi connectivity index (χ1v) is 6.65. The van der Waals surface area contributed by atoms with Crippen molar-refractivity contribution in [2.75, 3.05) is 7.05 Å². The molecule has 1 rings (SSSR count). The van der Waals surface area contributed by atoms with Crippen molar-refractivity contribution in [2.45, 2.75) is 39.8 Å². The van der Waals surface area contributed by atoms with Crippen molar-refractivity contribution in [1.82, 2.24) is 4.90 Å². The summed E-state index contributed by atoms with van der Waals surface area (Å²) in [7, 11) is 1.87. The molecule has 0 atom stereocenters. The molecule has 0 saturated carbocycles. The van der Waals surface area contributed by atoms with E-state index in [1.807, 2.05) is 36.2 Å². The lowest BCUT2D eigenvalue weighted by atomic mass is 10.0. The minimum Gasteiger partial charge on any atom is -0.341 e. The lowest BCUT2D eigenvalue weighted by molar-refractivity contribution is -0.134. The van der Waals surface area contributed by atoms with Crippen LogP contribution in [0.15, 0.2) is 24.3 Å². The molecule has 1 amide bonds. The molecule has 100 valence electrons. The SMILES string of the molecule is CCC(CC)C(=O)N(C)Cc1ccc(CN)cc1. The van der Waals surface area contributed by atoms with Crippen LogP contribution in [0.1, 0.15) is 37.8 Å². The number of carbonyl (C=O) groups is 1. The average molecular weight is 248 g/mol. The van der Waals surface area contributed by atoms with Gasteiger partial charge in [-0.25, -0.2) is 0 Å². The fourth-order valence-corrected chi connectivity index (χ4v) is 2.08. The van der Waals surface area contributed by atoms with Crippen LogP contribution in [-0.2, 0) is 17.9 Å². The number of amides is 1. The second-order valence-corrected chi connectivity index (χ2v) is 4.73. The lowest BCUT2D eigenvalue weighted by Crippen LogP contribution is -2.32. The Kier molecular flexibility index (Phi) is 5.86. The summed E-state index contributed by atoms with van der Waals surface area (Å²) >= 11 is 0. The Morgan fingerprint density at radius 3 is 2.11 bits per heavy atom. The Morgan fingerprint density at radius 2 is 1.67 bits per heavy atom. The molecule has 0 saturated heterocycles. The third-order valence-corrected chi connectivity index (χ3v) is 3.39. The molecule has 0 aliphatic heterocycles. The van der Waals surface area contributed by atoms with Crippen molar-refractivity contribution in [3.63, 3.8) is 0 Å². The highest BCUT2D eigenvalue weighted by molar-refractivity contribution is 5.78. The molecule has 3 nitrogen and oxygen atoms in total. The zero-order valence-corrected chi connectivity index (χ0v) is 11.6. The average Bonchev–Trinajstić information content (AvgIpc) is 2.40. The van der Waals surface area contributed by atoms with Crippen LogP contribution in [0.2, 0.25) is 0 Å². The van der Waals surface area contributed by atoms with E-state index in [0.29, 0.717) is 13.1 Å². The highest BCUT2D eigenvalue weighted by Crippen LogP contribution is 2.13. The van der Waals surface area contributed by atoms with E-state index in [9.17, 15) is 4.79 Å². The van der Waals surface area contributed by atoms with Crippen molar-refractivity contribution >= 4 is 5.91 Å². The Hall–Kier alpha value is -1.35. The van der Waals surface area contributed by atoms with Gasteiger partial charge in [0, 0.05) is 26.1 Å². The number of hydrogen-bond donors (Lipinski definition) is 1. The zero-order valence-electron chi connectivity index (χ0n) is 11.6. The number of benzene rings is 1. The van der Waals surface area contributed by atoms with Gasteiger partial charge >= 0.3 is 0 Å². The van der Waals surface area contributed by atoms with E-state index >= 15 is 0 Å². The minimum absolute atomic E-state index is 0.151. The van der Waals surface area contributed by atoms with Crippen LogP contribution in [-0.4, -0.2) is 17.9 Å². The summed E-state index contributed by atoms with van der Waals surface area (Å²) in [5.41, 5.74) is 7.83. The van der Waals surface area contributed by atoms with Crippen molar-refractivity contribution in [1.29, 1.82) is 0 Å². The molecular weight excluding hydrogens is 224 g/mol. The summed E-state index contributed by atoms with van der Waals surface area (Å²) < 4.78 is 0. The standard InChI is InChI=1S/C15H24N2O/c1-4-14(5-2)15(18)17(3)11-13-8-6-12(10-16)7-9-13/h6-9,14H,4-5,10-11,16H2,1-3H3. The van der Waals surface area contributed by atoms with E-state index in [1.165, 1.54) is 0 Å². The normalized spacial score (nSPS) is 10.7. The van der Waals surface area contributed by atoms with E-state index in [0.717, 1.165) is 24.0 Å².